The Hall–Kier alpha value is -1.58. The molecule has 18 heavy (non-hydrogen) atoms. The second-order valence-electron chi connectivity index (χ2n) is 4.91. The van der Waals surface area contributed by atoms with E-state index >= 15 is 0 Å². The van der Waals surface area contributed by atoms with E-state index < -0.39 is 0 Å². The first-order chi connectivity index (χ1) is 8.76. The lowest BCUT2D eigenvalue weighted by Crippen LogP contribution is -2.15. The van der Waals surface area contributed by atoms with E-state index in [4.69, 9.17) is 10.2 Å². The normalized spacial score (nSPS) is 15.0. The molecule has 0 spiro atoms. The van der Waals surface area contributed by atoms with Crippen LogP contribution in [0.2, 0.25) is 0 Å². The van der Waals surface area contributed by atoms with Crippen LogP contribution in [0.25, 0.3) is 0 Å². The maximum absolute atomic E-state index is 5.74. The molecule has 0 atom stereocenters. The molecule has 0 aliphatic carbocycles. The van der Waals surface area contributed by atoms with Gasteiger partial charge in [0, 0.05) is 25.2 Å². The first-order valence-corrected chi connectivity index (χ1v) is 6.33. The lowest BCUT2D eigenvalue weighted by Gasteiger charge is -2.12. The van der Waals surface area contributed by atoms with Crippen LogP contribution in [0.15, 0.2) is 34.7 Å². The molecule has 0 bridgehead atoms. The molecule has 0 fully saturated rings. The van der Waals surface area contributed by atoms with Gasteiger partial charge in [0.1, 0.15) is 11.5 Å². The highest BCUT2D eigenvalue weighted by Gasteiger charge is 2.19. The Morgan fingerprint density at radius 1 is 1.22 bits per heavy atom. The average Bonchev–Trinajstić information content (AvgIpc) is 2.92. The predicted molar refractivity (Wildman–Crippen MR) is 70.7 cm³/mol. The average molecular weight is 242 g/mol. The van der Waals surface area contributed by atoms with Gasteiger partial charge in [0.15, 0.2) is 0 Å². The van der Waals surface area contributed by atoms with Crippen molar-refractivity contribution in [3.05, 3.63) is 58.5 Å². The van der Waals surface area contributed by atoms with Crippen molar-refractivity contribution in [2.75, 3.05) is 0 Å². The van der Waals surface area contributed by atoms with Gasteiger partial charge >= 0.3 is 0 Å². The zero-order valence-electron chi connectivity index (χ0n) is 10.6. The predicted octanol–water partition coefficient (Wildman–Crippen LogP) is 2.56. The monoisotopic (exact) mass is 242 g/mol. The summed E-state index contributed by atoms with van der Waals surface area (Å²) in [5.41, 5.74) is 9.64. The lowest BCUT2D eigenvalue weighted by molar-refractivity contribution is 0.249. The summed E-state index contributed by atoms with van der Waals surface area (Å²) < 4.78 is 5.74. The highest BCUT2D eigenvalue weighted by atomic mass is 16.3. The number of nitrogens with two attached hydrogens (primary N) is 1. The zero-order chi connectivity index (χ0) is 12.5. The molecule has 2 N–H and O–H groups in total. The van der Waals surface area contributed by atoms with E-state index in [1.807, 2.05) is 6.92 Å². The first-order valence-electron chi connectivity index (χ1n) is 6.33. The van der Waals surface area contributed by atoms with E-state index in [1.165, 1.54) is 11.1 Å². The van der Waals surface area contributed by atoms with Crippen LogP contribution in [0, 0.1) is 6.92 Å². The van der Waals surface area contributed by atoms with Gasteiger partial charge in [-0.15, -0.1) is 0 Å². The third-order valence-corrected chi connectivity index (χ3v) is 3.58. The van der Waals surface area contributed by atoms with Crippen molar-refractivity contribution in [3.63, 3.8) is 0 Å². The molecule has 94 valence electrons. The topological polar surface area (TPSA) is 42.4 Å². The fraction of sp³-hybridized carbons (Fsp3) is 0.333. The van der Waals surface area contributed by atoms with Crippen molar-refractivity contribution in [2.24, 2.45) is 5.73 Å². The molecule has 0 saturated carbocycles. The molecule has 3 heteroatoms. The Kier molecular flexibility index (Phi) is 2.94. The smallest absolute Gasteiger partial charge is 0.118 e. The summed E-state index contributed by atoms with van der Waals surface area (Å²) in [6.07, 6.45) is 0. The van der Waals surface area contributed by atoms with Gasteiger partial charge in [-0.1, -0.05) is 24.3 Å². The quantitative estimate of drug-likeness (QED) is 0.899. The van der Waals surface area contributed by atoms with E-state index in [2.05, 4.69) is 35.2 Å². The van der Waals surface area contributed by atoms with E-state index in [9.17, 15) is 0 Å². The van der Waals surface area contributed by atoms with Crippen molar-refractivity contribution in [2.45, 2.75) is 33.1 Å². The highest BCUT2D eigenvalue weighted by molar-refractivity contribution is 5.30. The van der Waals surface area contributed by atoms with Crippen molar-refractivity contribution >= 4 is 0 Å². The van der Waals surface area contributed by atoms with Gasteiger partial charge in [-0.2, -0.15) is 0 Å². The molecule has 1 aromatic heterocycles. The minimum Gasteiger partial charge on any atom is -0.465 e. The van der Waals surface area contributed by atoms with Gasteiger partial charge in [-0.05, 0) is 24.1 Å². The van der Waals surface area contributed by atoms with Gasteiger partial charge in [0.25, 0.3) is 0 Å². The summed E-state index contributed by atoms with van der Waals surface area (Å²) in [4.78, 5) is 2.39. The molecule has 3 rings (SSSR count). The fourth-order valence-corrected chi connectivity index (χ4v) is 2.60. The largest absolute Gasteiger partial charge is 0.465 e. The lowest BCUT2D eigenvalue weighted by atomic mass is 10.1. The Morgan fingerprint density at radius 3 is 2.44 bits per heavy atom. The molecule has 0 unspecified atom stereocenters. The van der Waals surface area contributed by atoms with E-state index in [0.29, 0.717) is 6.54 Å². The molecule has 0 saturated heterocycles. The number of hydrogen-bond acceptors (Lipinski definition) is 3. The maximum Gasteiger partial charge on any atom is 0.118 e. The van der Waals surface area contributed by atoms with Crippen LogP contribution in [0.1, 0.15) is 28.2 Å². The standard InChI is InChI=1S/C15H18N2O/c1-11-14(7-16)6-15(18-11)10-17-8-12-4-2-3-5-13(12)9-17/h2-6H,7-10,16H2,1H3. The highest BCUT2D eigenvalue weighted by Crippen LogP contribution is 2.25. The minimum absolute atomic E-state index is 0.551. The molecule has 1 aromatic carbocycles. The summed E-state index contributed by atoms with van der Waals surface area (Å²) in [7, 11) is 0. The Balaban J connectivity index is 1.72. The molecule has 1 aliphatic heterocycles. The van der Waals surface area contributed by atoms with Crippen LogP contribution in [-0.2, 0) is 26.2 Å². The number of benzene rings is 1. The summed E-state index contributed by atoms with van der Waals surface area (Å²) in [6, 6.07) is 10.7. The SMILES string of the molecule is Cc1oc(CN2Cc3ccccc3C2)cc1CN. The van der Waals surface area contributed by atoms with Crippen molar-refractivity contribution in [1.29, 1.82) is 0 Å². The van der Waals surface area contributed by atoms with Crippen LogP contribution in [0.5, 0.6) is 0 Å². The Bertz CT molecular complexity index is 534. The van der Waals surface area contributed by atoms with E-state index in [1.54, 1.807) is 0 Å². The number of nitrogens with zero attached hydrogens (tertiary/aromatic N) is 1. The number of aryl methyl sites for hydroxylation is 1. The Morgan fingerprint density at radius 2 is 1.89 bits per heavy atom. The van der Waals surface area contributed by atoms with Gasteiger partial charge in [0.05, 0.1) is 6.54 Å². The molecule has 0 amide bonds. The van der Waals surface area contributed by atoms with E-state index in [0.717, 1.165) is 36.7 Å². The zero-order valence-corrected chi connectivity index (χ0v) is 10.6. The summed E-state index contributed by atoms with van der Waals surface area (Å²) in [6.45, 7) is 5.40. The number of fused-ring (bicyclic) bond motifs is 1. The summed E-state index contributed by atoms with van der Waals surface area (Å²) in [5, 5.41) is 0. The number of hydrogen-bond donors (Lipinski definition) is 1. The van der Waals surface area contributed by atoms with Crippen LogP contribution in [0.3, 0.4) is 0 Å². The van der Waals surface area contributed by atoms with Gasteiger partial charge < -0.3 is 10.2 Å². The molecule has 1 aliphatic rings. The molecule has 2 heterocycles. The maximum atomic E-state index is 5.74. The van der Waals surface area contributed by atoms with Crippen LogP contribution >= 0.6 is 0 Å². The van der Waals surface area contributed by atoms with Gasteiger partial charge in [-0.25, -0.2) is 0 Å². The van der Waals surface area contributed by atoms with Crippen LogP contribution in [-0.4, -0.2) is 4.90 Å². The van der Waals surface area contributed by atoms with Gasteiger partial charge in [0.2, 0.25) is 0 Å². The minimum atomic E-state index is 0.551. The number of rotatable bonds is 3. The third-order valence-electron chi connectivity index (χ3n) is 3.58. The van der Waals surface area contributed by atoms with Crippen LogP contribution in [0.4, 0.5) is 0 Å². The summed E-state index contributed by atoms with van der Waals surface area (Å²) in [5.74, 6) is 1.96. The molecular formula is C15H18N2O. The van der Waals surface area contributed by atoms with Crippen molar-refractivity contribution in [3.8, 4) is 0 Å². The molecule has 0 radical (unpaired) electrons. The van der Waals surface area contributed by atoms with Crippen LogP contribution < -0.4 is 5.73 Å². The molecule has 3 nitrogen and oxygen atoms in total. The van der Waals surface area contributed by atoms with Gasteiger partial charge in [-0.3, -0.25) is 4.90 Å². The van der Waals surface area contributed by atoms with E-state index in [-0.39, 0.29) is 0 Å². The third kappa shape index (κ3) is 2.07. The summed E-state index contributed by atoms with van der Waals surface area (Å²) >= 11 is 0. The first kappa shape index (κ1) is 11.5. The molecule has 2 aromatic rings. The van der Waals surface area contributed by atoms with Crippen molar-refractivity contribution < 1.29 is 4.42 Å². The Labute approximate surface area is 107 Å². The number of furan rings is 1. The second kappa shape index (κ2) is 4.59. The second-order valence-corrected chi connectivity index (χ2v) is 4.91. The fourth-order valence-electron chi connectivity index (χ4n) is 2.60. The van der Waals surface area contributed by atoms with Crippen molar-refractivity contribution in [1.82, 2.24) is 4.90 Å². The molecular weight excluding hydrogens is 224 g/mol.